The molecule has 0 aliphatic carbocycles. The molecule has 0 bridgehead atoms. The van der Waals surface area contributed by atoms with Gasteiger partial charge in [-0.1, -0.05) is 105 Å². The van der Waals surface area contributed by atoms with Crippen molar-refractivity contribution in [3.05, 3.63) is 316 Å². The molecule has 12 aromatic heterocycles. The van der Waals surface area contributed by atoms with Crippen molar-refractivity contribution in [1.82, 2.24) is 127 Å². The monoisotopic (exact) mass is 2000 g/mol. The molecule has 0 saturated carbocycles. The van der Waals surface area contributed by atoms with Gasteiger partial charge in [0.1, 0.15) is 56.9 Å². The number of aliphatic hydroxyl groups is 5. The number of hydrogen-bond acceptors (Lipinski definition) is 27. The van der Waals surface area contributed by atoms with Crippen LogP contribution in [-0.2, 0) is 42.4 Å². The second kappa shape index (κ2) is 41.1. The van der Waals surface area contributed by atoms with Gasteiger partial charge in [-0.2, -0.15) is 43.8 Å². The Kier molecular flexibility index (Phi) is 28.8. The molecule has 2 aliphatic rings. The van der Waals surface area contributed by atoms with Crippen molar-refractivity contribution in [2.75, 3.05) is 26.2 Å². The number of halogens is 5. The molecule has 9 N–H and O–H groups in total. The number of piperidine rings is 2. The van der Waals surface area contributed by atoms with Gasteiger partial charge in [-0.25, -0.2) is 62.8 Å². The number of alkyl halides is 5. The van der Waals surface area contributed by atoms with Crippen LogP contribution in [0.4, 0.5) is 18.0 Å². The van der Waals surface area contributed by atoms with Crippen molar-refractivity contribution in [2.24, 2.45) is 0 Å². The normalized spacial score (nSPS) is 13.5. The van der Waals surface area contributed by atoms with Crippen molar-refractivity contribution in [2.45, 2.75) is 113 Å². The van der Waals surface area contributed by atoms with E-state index in [1.807, 2.05) is 100 Å². The fraction of sp³-hybridized carbons (Fsp3) is 0.242. The molecule has 20 rings (SSSR count). The number of rotatable bonds is 15. The maximum atomic E-state index is 13.1. The summed E-state index contributed by atoms with van der Waals surface area (Å²) >= 11 is 6.92. The van der Waals surface area contributed by atoms with Gasteiger partial charge in [0.15, 0.2) is 33.9 Å². The molecule has 0 spiro atoms. The predicted molar refractivity (Wildman–Crippen MR) is 501 cm³/mol. The first kappa shape index (κ1) is 96.0. The van der Waals surface area contributed by atoms with E-state index in [-0.39, 0.29) is 95.8 Å². The van der Waals surface area contributed by atoms with E-state index in [4.69, 9.17) is 9.84 Å². The molecule has 6 aromatic carbocycles. The molecule has 137 heavy (non-hydrogen) atoms. The van der Waals surface area contributed by atoms with E-state index in [1.54, 1.807) is 96.4 Å². The van der Waals surface area contributed by atoms with Crippen LogP contribution in [0.25, 0.3) is 100 Å². The van der Waals surface area contributed by atoms with Crippen molar-refractivity contribution in [1.29, 1.82) is 0 Å². The number of aromatic amines is 4. The highest BCUT2D eigenvalue weighted by atomic mass is 79.9. The topological polar surface area (TPSA) is 528 Å². The molecule has 2 amide bonds. The Hall–Kier alpha value is -15.6. The number of carbonyl (C=O) groups excluding carboxylic acids is 3. The molecule has 46 heteroatoms. The lowest BCUT2D eigenvalue weighted by Gasteiger charge is -2.38. The number of fused-ring (bicyclic) bond motifs is 6. The third-order valence-corrected chi connectivity index (χ3v) is 23.0. The summed E-state index contributed by atoms with van der Waals surface area (Å²) in [7, 11) is 0. The molecule has 18 aromatic rings. The standard InChI is InChI=1S/C23H29N5O5.C20H20F3N5O4.C12H8Br2N4O.C12H10N4O2.C12H8N4O2.C12H10N4O/c1-22(2,3)33-21(31)26-9-7-23(32,8-10-26)14-27-15-24-19-18(20(27)30)12-25-28(19)17-6-4-5-16(11-17)13-29;21-20(22,23)18(31)26-6-4-19(32,5-7-26)11-27-12-24-16-15(17(27)30)9-25-28(16)14-3-1-2-13(8-14)10-29;13-10(14)7-2-1-3-8(4-7)18-11-9(5-17-18)12(19)16-6-15-11;2*17-6-8-2-1-3-9(4-8)16-11-10(5-15-16)12(18)14-7-13-11;1-8-3-2-4-9(5-8)16-11-10(6-15-16)12(17)14-7-13-11/h4-6,11-12,15,29,32H,7-10,13-14H2,1-3H3;1-3,8-9,12,29,32H,4-7,10-11H2;1-6,10H,(H,15,16,19);1-5,7,17H,6H2,(H,13,14,18);1-7H,(H,13,14,18);2-7H,1H3,(H,13,14,17). The number of aliphatic hydroxyl groups excluding tert-OH is 3. The molecule has 0 radical (unpaired) electrons. The fourth-order valence-corrected chi connectivity index (χ4v) is 15.6. The van der Waals surface area contributed by atoms with Crippen LogP contribution in [0.1, 0.15) is 88.4 Å². The minimum absolute atomic E-state index is 0.0406. The maximum absolute atomic E-state index is 13.1. The summed E-state index contributed by atoms with van der Waals surface area (Å²) in [6, 6.07) is 44.0. The number of likely N-dealkylation sites (tertiary alicyclic amines) is 2. The Morgan fingerprint density at radius 3 is 1.09 bits per heavy atom. The number of aldehydes is 1. The third-order valence-electron chi connectivity index (χ3n) is 22.0. The average Bonchev–Trinajstić information content (AvgIpc) is 1.62. The SMILES string of the molecule is CC(C)(C)OC(=O)N1CCC(O)(Cn2cnc3c(cnn3-c3cccc(CO)c3)c2=O)CC1.Cc1cccc(-n2ncc3c(=O)[nH]cnc32)c1.O=C(N1CCC(O)(Cn2cnc3c(cnn3-c3cccc(CO)c3)c2=O)CC1)C(F)(F)F.O=Cc1cccc(-n2ncc3c(=O)[nH]cnc32)c1.O=c1[nH]cnc2c1cnn2-c1cccc(C(Br)Br)c1.O=c1[nH]cnc2c1cnn2-c1cccc(CO)c1. The summed E-state index contributed by atoms with van der Waals surface area (Å²) in [5.74, 6) is -1.93. The molecular weight excluding hydrogens is 1910 g/mol. The van der Waals surface area contributed by atoms with E-state index in [2.05, 4.69) is 112 Å². The summed E-state index contributed by atoms with van der Waals surface area (Å²) in [5.41, 5.74) is 7.43. The lowest BCUT2D eigenvalue weighted by atomic mass is 9.91. The van der Waals surface area contributed by atoms with Crippen LogP contribution in [-0.4, -0.2) is 220 Å². The first-order valence-electron chi connectivity index (χ1n) is 42.1. The van der Waals surface area contributed by atoms with Crippen LogP contribution in [0.3, 0.4) is 0 Å². The van der Waals surface area contributed by atoms with Crippen molar-refractivity contribution in [3.8, 4) is 34.1 Å². The molecule has 2 aliphatic heterocycles. The summed E-state index contributed by atoms with van der Waals surface area (Å²) in [4.78, 5) is 144. The number of aromatic nitrogens is 24. The first-order chi connectivity index (χ1) is 65.7. The molecular formula is C91H85Br2F3N26O15. The zero-order valence-electron chi connectivity index (χ0n) is 73.2. The van der Waals surface area contributed by atoms with Gasteiger partial charge < -0.3 is 60.0 Å². The highest BCUT2D eigenvalue weighted by molar-refractivity contribution is 9.24. The zero-order valence-corrected chi connectivity index (χ0v) is 76.4. The smallest absolute Gasteiger partial charge is 0.444 e. The van der Waals surface area contributed by atoms with Crippen molar-refractivity contribution in [3.63, 3.8) is 0 Å². The minimum Gasteiger partial charge on any atom is -0.444 e. The number of H-pyrrole nitrogens is 4. The van der Waals surface area contributed by atoms with E-state index in [0.717, 1.165) is 45.6 Å². The van der Waals surface area contributed by atoms with Crippen LogP contribution in [0.5, 0.6) is 0 Å². The number of benzene rings is 6. The van der Waals surface area contributed by atoms with Gasteiger partial charge in [0.25, 0.3) is 33.4 Å². The predicted octanol–water partition coefficient (Wildman–Crippen LogP) is 8.66. The van der Waals surface area contributed by atoms with Crippen molar-refractivity contribution >= 4 is 116 Å². The Bertz CT molecular complexity index is 7870. The Labute approximate surface area is 786 Å². The van der Waals surface area contributed by atoms with E-state index < -0.39 is 40.5 Å². The summed E-state index contributed by atoms with van der Waals surface area (Å²) in [6.07, 6.45) is 12.7. The van der Waals surface area contributed by atoms with Gasteiger partial charge in [-0.15, -0.1) is 0 Å². The number of aryl methyl sites for hydroxylation is 1. The highest BCUT2D eigenvalue weighted by Gasteiger charge is 2.46. The van der Waals surface area contributed by atoms with E-state index in [9.17, 15) is 76.7 Å². The van der Waals surface area contributed by atoms with Gasteiger partial charge >= 0.3 is 18.2 Å². The van der Waals surface area contributed by atoms with Crippen LogP contribution in [0.15, 0.2) is 250 Å². The Balaban J connectivity index is 0.000000128. The number of carbonyl (C=O) groups is 3. The van der Waals surface area contributed by atoms with Crippen LogP contribution in [0.2, 0.25) is 0 Å². The van der Waals surface area contributed by atoms with Crippen molar-refractivity contribution < 1.29 is 57.8 Å². The molecule has 2 fully saturated rings. The van der Waals surface area contributed by atoms with E-state index in [0.29, 0.717) is 120 Å². The number of amides is 2. The number of ether oxygens (including phenoxy) is 1. The minimum atomic E-state index is -4.96. The molecule has 14 heterocycles. The Morgan fingerprint density at radius 2 is 0.752 bits per heavy atom. The Morgan fingerprint density at radius 1 is 0.438 bits per heavy atom. The quantitative estimate of drug-likeness (QED) is 0.0342. The molecule has 704 valence electrons. The number of nitrogens with zero attached hydrogens (tertiary/aromatic N) is 22. The lowest BCUT2D eigenvalue weighted by Crippen LogP contribution is -2.52. The zero-order chi connectivity index (χ0) is 97.2. The largest absolute Gasteiger partial charge is 0.471 e. The summed E-state index contributed by atoms with van der Waals surface area (Å²) in [5, 5.41) is 77.3. The van der Waals surface area contributed by atoms with Gasteiger partial charge in [0.2, 0.25) is 0 Å². The second-order valence-electron chi connectivity index (χ2n) is 32.7. The molecule has 2 saturated heterocycles. The molecule has 41 nitrogen and oxygen atoms in total. The molecule has 0 atom stereocenters. The van der Waals surface area contributed by atoms with Gasteiger partial charge in [0, 0.05) is 31.7 Å². The second-order valence-corrected chi connectivity index (χ2v) is 35.7. The highest BCUT2D eigenvalue weighted by Crippen LogP contribution is 2.33. The molecule has 0 unspecified atom stereocenters. The fourth-order valence-electron chi connectivity index (χ4n) is 15.0. The number of nitrogens with one attached hydrogen (secondary N) is 4. The van der Waals surface area contributed by atoms with Crippen LogP contribution < -0.4 is 33.4 Å². The first-order valence-corrected chi connectivity index (χ1v) is 44.0. The maximum Gasteiger partial charge on any atom is 0.471 e. The van der Waals surface area contributed by atoms with Gasteiger partial charge in [-0.3, -0.25) is 47.5 Å². The van der Waals surface area contributed by atoms with Crippen LogP contribution in [0, 0.1) is 6.92 Å². The lowest BCUT2D eigenvalue weighted by molar-refractivity contribution is -0.189. The number of hydrogen-bond donors (Lipinski definition) is 9. The van der Waals surface area contributed by atoms with E-state index in [1.165, 1.54) is 93.6 Å². The van der Waals surface area contributed by atoms with Gasteiger partial charge in [-0.05, 0) is 154 Å². The van der Waals surface area contributed by atoms with Gasteiger partial charge in [0.05, 0.1) is 144 Å². The van der Waals surface area contributed by atoms with Crippen LogP contribution >= 0.6 is 31.9 Å². The average molecular weight is 2000 g/mol. The summed E-state index contributed by atoms with van der Waals surface area (Å²) in [6.45, 7) is 7.20. The van der Waals surface area contributed by atoms with E-state index >= 15 is 0 Å². The summed E-state index contributed by atoms with van der Waals surface area (Å²) < 4.78 is 55.3. The third kappa shape index (κ3) is 21.9.